The first-order chi connectivity index (χ1) is 17.8. The zero-order chi connectivity index (χ0) is 26.4. The third-order valence-electron chi connectivity index (χ3n) is 6.26. The number of halogens is 1. The first kappa shape index (κ1) is 25.8. The van der Waals surface area contributed by atoms with Crippen LogP contribution in [-0.2, 0) is 14.4 Å². The second-order valence-electron chi connectivity index (χ2n) is 9.08. The Balaban J connectivity index is 1.69. The smallest absolute Gasteiger partial charge is 0.252 e. The summed E-state index contributed by atoms with van der Waals surface area (Å²) in [7, 11) is 0. The van der Waals surface area contributed by atoms with Crippen molar-refractivity contribution in [2.75, 3.05) is 10.2 Å². The van der Waals surface area contributed by atoms with Gasteiger partial charge in [0.1, 0.15) is 17.6 Å². The number of para-hydroxylation sites is 1. The lowest BCUT2D eigenvalue weighted by Gasteiger charge is -2.32. The normalized spacial score (nSPS) is 14.5. The highest BCUT2D eigenvalue weighted by Gasteiger charge is 2.34. The van der Waals surface area contributed by atoms with Crippen LogP contribution in [0.2, 0.25) is 0 Å². The van der Waals surface area contributed by atoms with Crippen molar-refractivity contribution in [3.8, 4) is 0 Å². The summed E-state index contributed by atoms with van der Waals surface area (Å²) in [6.45, 7) is 3.52. The number of rotatable bonds is 8. The van der Waals surface area contributed by atoms with Crippen LogP contribution in [0.25, 0.3) is 0 Å². The number of hydrogen-bond acceptors (Lipinski definition) is 5. The van der Waals surface area contributed by atoms with Crippen molar-refractivity contribution in [1.29, 1.82) is 0 Å². The Kier molecular flexibility index (Phi) is 8.12. The van der Waals surface area contributed by atoms with E-state index in [1.165, 1.54) is 29.2 Å². The number of aryl methyl sites for hydroxylation is 2. The Morgan fingerprint density at radius 2 is 1.76 bits per heavy atom. The number of aromatic nitrogens is 1. The molecule has 3 aromatic rings. The van der Waals surface area contributed by atoms with Gasteiger partial charge in [-0.3, -0.25) is 19.3 Å². The number of hydrogen-bond donors (Lipinski definition) is 2. The fourth-order valence-electron chi connectivity index (χ4n) is 4.45. The van der Waals surface area contributed by atoms with Gasteiger partial charge in [0.15, 0.2) is 5.82 Å². The van der Waals surface area contributed by atoms with Crippen LogP contribution in [0.4, 0.5) is 15.9 Å². The molecule has 0 bridgehead atoms. The third-order valence-corrected chi connectivity index (χ3v) is 6.26. The summed E-state index contributed by atoms with van der Waals surface area (Å²) in [4.78, 5) is 41.1. The molecule has 1 atom stereocenters. The van der Waals surface area contributed by atoms with Gasteiger partial charge in [-0.1, -0.05) is 48.3 Å². The molecule has 1 saturated carbocycles. The van der Waals surface area contributed by atoms with Crippen molar-refractivity contribution >= 4 is 29.2 Å². The number of benzene rings is 2. The van der Waals surface area contributed by atoms with Crippen molar-refractivity contribution in [1.82, 2.24) is 10.5 Å². The largest absolute Gasteiger partial charge is 0.360 e. The SMILES string of the molecule is Cc1cc(NC(=O)/C=C/C(=O)N(c2ccccc2C)[C@@H](C(=O)NC2CCCC2)c2ccc(F)cc2)no1. The molecule has 8 nitrogen and oxygen atoms in total. The molecule has 0 radical (unpaired) electrons. The topological polar surface area (TPSA) is 105 Å². The van der Waals surface area contributed by atoms with E-state index in [2.05, 4.69) is 15.8 Å². The molecule has 1 aliphatic carbocycles. The van der Waals surface area contributed by atoms with E-state index in [1.807, 2.05) is 19.1 Å². The van der Waals surface area contributed by atoms with Gasteiger partial charge in [-0.15, -0.1) is 0 Å². The van der Waals surface area contributed by atoms with E-state index < -0.39 is 23.7 Å². The number of anilines is 2. The highest BCUT2D eigenvalue weighted by atomic mass is 19.1. The minimum Gasteiger partial charge on any atom is -0.360 e. The summed E-state index contributed by atoms with van der Waals surface area (Å²) in [6.07, 6.45) is 5.96. The highest BCUT2D eigenvalue weighted by Crippen LogP contribution is 2.31. The molecule has 3 amide bonds. The summed E-state index contributed by atoms with van der Waals surface area (Å²) in [5.41, 5.74) is 1.71. The number of amides is 3. The molecule has 4 rings (SSSR count). The standard InChI is InChI=1S/C28H29FN4O4/c1-18-7-3-6-10-23(18)33(26(35)16-15-25(34)31-24-17-19(2)37-32-24)27(20-11-13-21(29)14-12-20)28(36)30-22-8-4-5-9-22/h3,6-7,10-17,22,27H,4-5,8-9H2,1-2H3,(H,30,36)(H,31,32,34)/b16-15+/t27-/m1/s1. The Morgan fingerprint density at radius 3 is 2.41 bits per heavy atom. The van der Waals surface area contributed by atoms with Crippen LogP contribution < -0.4 is 15.5 Å². The average Bonchev–Trinajstić information content (AvgIpc) is 3.54. The molecular formula is C28H29FN4O4. The van der Waals surface area contributed by atoms with E-state index in [9.17, 15) is 18.8 Å². The summed E-state index contributed by atoms with van der Waals surface area (Å²) >= 11 is 0. The lowest BCUT2D eigenvalue weighted by molar-refractivity contribution is -0.125. The molecule has 1 aromatic heterocycles. The number of nitrogens with zero attached hydrogens (tertiary/aromatic N) is 2. The van der Waals surface area contributed by atoms with E-state index >= 15 is 0 Å². The van der Waals surface area contributed by atoms with Gasteiger partial charge in [-0.2, -0.15) is 0 Å². The van der Waals surface area contributed by atoms with Crippen molar-refractivity contribution in [2.45, 2.75) is 51.6 Å². The van der Waals surface area contributed by atoms with Crippen molar-refractivity contribution in [2.24, 2.45) is 0 Å². The molecule has 1 aliphatic rings. The van der Waals surface area contributed by atoms with Crippen LogP contribution in [0.3, 0.4) is 0 Å². The zero-order valence-corrected chi connectivity index (χ0v) is 20.7. The van der Waals surface area contributed by atoms with Gasteiger partial charge in [0.05, 0.1) is 0 Å². The number of carbonyl (C=O) groups is 3. The van der Waals surface area contributed by atoms with Crippen molar-refractivity contribution in [3.05, 3.63) is 89.5 Å². The second-order valence-corrected chi connectivity index (χ2v) is 9.08. The molecule has 192 valence electrons. The molecule has 2 N–H and O–H groups in total. The molecule has 0 unspecified atom stereocenters. The van der Waals surface area contributed by atoms with Crippen molar-refractivity contribution < 1.29 is 23.3 Å². The lowest BCUT2D eigenvalue weighted by Crippen LogP contribution is -2.46. The van der Waals surface area contributed by atoms with E-state index in [-0.39, 0.29) is 17.8 Å². The first-order valence-corrected chi connectivity index (χ1v) is 12.2. The summed E-state index contributed by atoms with van der Waals surface area (Å²) in [6, 6.07) is 13.1. The molecule has 9 heteroatoms. The summed E-state index contributed by atoms with van der Waals surface area (Å²) < 4.78 is 18.7. The van der Waals surface area contributed by atoms with Gasteiger partial charge in [-0.25, -0.2) is 4.39 Å². The minimum absolute atomic E-state index is 0.0107. The predicted molar refractivity (Wildman–Crippen MR) is 137 cm³/mol. The minimum atomic E-state index is -1.08. The van der Waals surface area contributed by atoms with Gasteiger partial charge in [0.2, 0.25) is 11.8 Å². The molecule has 1 heterocycles. The maximum atomic E-state index is 13.8. The Morgan fingerprint density at radius 1 is 1.05 bits per heavy atom. The maximum absolute atomic E-state index is 13.8. The Hall–Kier alpha value is -4.27. The lowest BCUT2D eigenvalue weighted by atomic mass is 10.0. The molecular weight excluding hydrogens is 475 g/mol. The molecule has 2 aromatic carbocycles. The van der Waals surface area contributed by atoms with Gasteiger partial charge in [-0.05, 0) is 56.0 Å². The predicted octanol–water partition coefficient (Wildman–Crippen LogP) is 4.76. The van der Waals surface area contributed by atoms with Crippen molar-refractivity contribution in [3.63, 3.8) is 0 Å². The highest BCUT2D eigenvalue weighted by molar-refractivity contribution is 6.10. The van der Waals surface area contributed by atoms with E-state index in [1.54, 1.807) is 25.1 Å². The second kappa shape index (κ2) is 11.6. The zero-order valence-electron chi connectivity index (χ0n) is 20.7. The number of carbonyl (C=O) groups excluding carboxylic acids is 3. The van der Waals surface area contributed by atoms with E-state index in [0.29, 0.717) is 17.0 Å². The van der Waals surface area contributed by atoms with E-state index in [4.69, 9.17) is 4.52 Å². The Labute approximate surface area is 214 Å². The molecule has 37 heavy (non-hydrogen) atoms. The van der Waals surface area contributed by atoms with Crippen LogP contribution in [0.1, 0.15) is 48.6 Å². The van der Waals surface area contributed by atoms with Crippen LogP contribution in [-0.4, -0.2) is 28.9 Å². The quantitative estimate of drug-likeness (QED) is 0.431. The first-order valence-electron chi connectivity index (χ1n) is 12.2. The van der Waals surface area contributed by atoms with E-state index in [0.717, 1.165) is 43.4 Å². The fraction of sp³-hybridized carbons (Fsp3) is 0.286. The molecule has 0 aliphatic heterocycles. The van der Waals surface area contributed by atoms with Gasteiger partial charge in [0.25, 0.3) is 5.91 Å². The number of nitrogens with one attached hydrogen (secondary N) is 2. The molecule has 0 spiro atoms. The average molecular weight is 505 g/mol. The van der Waals surface area contributed by atoms with Crippen LogP contribution in [0.15, 0.2) is 71.3 Å². The molecule has 1 fully saturated rings. The third kappa shape index (κ3) is 6.49. The Bertz CT molecular complexity index is 1300. The van der Waals surface area contributed by atoms with Gasteiger partial charge >= 0.3 is 0 Å². The molecule has 0 saturated heterocycles. The fourth-order valence-corrected chi connectivity index (χ4v) is 4.45. The van der Waals surface area contributed by atoms with Crippen LogP contribution in [0, 0.1) is 19.7 Å². The van der Waals surface area contributed by atoms with Crippen LogP contribution >= 0.6 is 0 Å². The van der Waals surface area contributed by atoms with Gasteiger partial charge in [0, 0.05) is 29.9 Å². The van der Waals surface area contributed by atoms with Crippen LogP contribution in [0.5, 0.6) is 0 Å². The maximum Gasteiger partial charge on any atom is 0.252 e. The monoisotopic (exact) mass is 504 g/mol. The van der Waals surface area contributed by atoms with Gasteiger partial charge < -0.3 is 15.2 Å². The summed E-state index contributed by atoms with van der Waals surface area (Å²) in [5, 5.41) is 9.30. The summed E-state index contributed by atoms with van der Waals surface area (Å²) in [5.74, 6) is -1.25.